The Bertz CT molecular complexity index is 683. The predicted octanol–water partition coefficient (Wildman–Crippen LogP) is 1.05. The van der Waals surface area contributed by atoms with E-state index >= 15 is 0 Å². The summed E-state index contributed by atoms with van der Waals surface area (Å²) in [5.74, 6) is -0.309. The van der Waals surface area contributed by atoms with Gasteiger partial charge in [-0.25, -0.2) is 4.79 Å². The minimum atomic E-state index is -0.889. The number of ketones is 1. The predicted molar refractivity (Wildman–Crippen MR) is 61.1 cm³/mol. The normalized spacial score (nSPS) is 19.3. The van der Waals surface area contributed by atoms with Crippen molar-refractivity contribution >= 4 is 16.8 Å². The van der Waals surface area contributed by atoms with E-state index in [1.54, 1.807) is 18.2 Å². The van der Waals surface area contributed by atoms with E-state index in [2.05, 4.69) is 10.2 Å². The highest BCUT2D eigenvalue weighted by Crippen LogP contribution is 2.23. The van der Waals surface area contributed by atoms with Crippen LogP contribution in [-0.4, -0.2) is 21.4 Å². The second kappa shape index (κ2) is 3.38. The lowest BCUT2D eigenvalue weighted by atomic mass is 10.0. The minimum absolute atomic E-state index is 0.258. The van der Waals surface area contributed by atoms with E-state index in [0.717, 1.165) is 0 Å². The van der Waals surface area contributed by atoms with Gasteiger partial charge in [-0.15, -0.1) is 0 Å². The van der Waals surface area contributed by atoms with E-state index in [4.69, 9.17) is 0 Å². The molecular weight excluding hydrogens is 222 g/mol. The maximum Gasteiger partial charge on any atom is 0.326 e. The van der Waals surface area contributed by atoms with Gasteiger partial charge in [-0.05, 0) is 18.6 Å². The molecule has 86 valence electrons. The summed E-state index contributed by atoms with van der Waals surface area (Å²) in [7, 11) is 0. The number of nitroso groups, excluding NO2 is 1. The van der Waals surface area contributed by atoms with Crippen LogP contribution in [0.1, 0.15) is 16.8 Å². The Balaban J connectivity index is 2.40. The van der Waals surface area contributed by atoms with Crippen molar-refractivity contribution in [3.8, 4) is 0 Å². The number of aromatic nitrogens is 2. The number of benzene rings is 1. The third-order valence-corrected chi connectivity index (χ3v) is 3.11. The molecule has 6 nitrogen and oxygen atoms in total. The second-order valence-corrected chi connectivity index (χ2v) is 4.06. The highest BCUT2D eigenvalue weighted by atomic mass is 16.3. The van der Waals surface area contributed by atoms with Gasteiger partial charge in [-0.3, -0.25) is 9.36 Å². The molecule has 1 aliphatic rings. The third-order valence-electron chi connectivity index (χ3n) is 3.11. The number of para-hydroxylation sites is 1. The molecule has 6 heteroatoms. The van der Waals surface area contributed by atoms with Gasteiger partial charge >= 0.3 is 5.69 Å². The van der Waals surface area contributed by atoms with Gasteiger partial charge in [-0.2, -0.15) is 4.91 Å². The van der Waals surface area contributed by atoms with Crippen molar-refractivity contribution in [2.24, 2.45) is 5.18 Å². The summed E-state index contributed by atoms with van der Waals surface area (Å²) in [5.41, 5.74) is 1.33. The van der Waals surface area contributed by atoms with E-state index in [1.807, 2.05) is 0 Å². The molecule has 0 saturated carbocycles. The van der Waals surface area contributed by atoms with Crippen molar-refractivity contribution in [2.75, 3.05) is 0 Å². The molecule has 2 heterocycles. The Morgan fingerprint density at radius 1 is 1.35 bits per heavy atom. The molecular formula is C11H9N3O3. The Kier molecular flexibility index (Phi) is 1.98. The molecule has 2 aromatic rings. The molecule has 0 radical (unpaired) electrons. The van der Waals surface area contributed by atoms with Gasteiger partial charge in [0.15, 0.2) is 11.8 Å². The summed E-state index contributed by atoms with van der Waals surface area (Å²) in [4.78, 5) is 37.1. The summed E-state index contributed by atoms with van der Waals surface area (Å²) in [6.45, 7) is 0.331. The molecule has 1 aromatic heterocycles. The maximum absolute atomic E-state index is 12.0. The number of nitrogens with one attached hydrogen (secondary N) is 1. The maximum atomic E-state index is 12.0. The van der Waals surface area contributed by atoms with E-state index in [-0.39, 0.29) is 17.9 Å². The standard InChI is InChI=1S/C11H9N3O3/c15-10-6-2-1-3-7-9(6)14(11(16)12-7)5-4-8(10)13-17/h1-3,8H,4-5H2,(H,12,16). The molecule has 0 amide bonds. The van der Waals surface area contributed by atoms with Gasteiger partial charge in [0.05, 0.1) is 11.0 Å². The van der Waals surface area contributed by atoms with Crippen molar-refractivity contribution in [3.05, 3.63) is 39.2 Å². The summed E-state index contributed by atoms with van der Waals surface area (Å²) in [5, 5.41) is 2.84. The van der Waals surface area contributed by atoms with Crippen molar-refractivity contribution in [3.63, 3.8) is 0 Å². The average Bonchev–Trinajstić information content (AvgIpc) is 2.56. The SMILES string of the molecule is O=NC1CCn2c(=O)[nH]c3cccc(c32)C1=O. The first kappa shape index (κ1) is 9.95. The van der Waals surface area contributed by atoms with E-state index in [1.165, 1.54) is 4.57 Å². The van der Waals surface area contributed by atoms with Crippen molar-refractivity contribution in [2.45, 2.75) is 19.0 Å². The van der Waals surface area contributed by atoms with Crippen molar-refractivity contribution < 1.29 is 4.79 Å². The average molecular weight is 231 g/mol. The van der Waals surface area contributed by atoms with Crippen LogP contribution in [0.3, 0.4) is 0 Å². The second-order valence-electron chi connectivity index (χ2n) is 4.06. The summed E-state index contributed by atoms with van der Waals surface area (Å²) >= 11 is 0. The zero-order valence-corrected chi connectivity index (χ0v) is 8.84. The molecule has 1 atom stereocenters. The fourth-order valence-corrected chi connectivity index (χ4v) is 2.29. The molecule has 1 N–H and O–H groups in total. The summed E-state index contributed by atoms with van der Waals surface area (Å²) in [6.07, 6.45) is 0.268. The Morgan fingerprint density at radius 3 is 2.94 bits per heavy atom. The van der Waals surface area contributed by atoms with Crippen LogP contribution in [0.2, 0.25) is 0 Å². The zero-order chi connectivity index (χ0) is 12.0. The number of aromatic amines is 1. The third kappa shape index (κ3) is 1.27. The van der Waals surface area contributed by atoms with E-state index in [9.17, 15) is 14.5 Å². The first-order valence-electron chi connectivity index (χ1n) is 5.30. The van der Waals surface area contributed by atoms with Crippen LogP contribution in [0.25, 0.3) is 11.0 Å². The number of carbonyl (C=O) groups excluding carboxylic acids is 1. The number of imidazole rings is 1. The lowest BCUT2D eigenvalue weighted by molar-refractivity contribution is 0.0960. The molecule has 3 rings (SSSR count). The van der Waals surface area contributed by atoms with Crippen LogP contribution in [0, 0.1) is 4.91 Å². The van der Waals surface area contributed by atoms with Crippen LogP contribution >= 0.6 is 0 Å². The highest BCUT2D eigenvalue weighted by molar-refractivity contribution is 6.09. The molecule has 0 saturated heterocycles. The first-order chi connectivity index (χ1) is 8.22. The van der Waals surface area contributed by atoms with Crippen LogP contribution in [-0.2, 0) is 6.54 Å². The lowest BCUT2D eigenvalue weighted by Gasteiger charge is -2.03. The molecule has 0 fully saturated rings. The zero-order valence-electron chi connectivity index (χ0n) is 8.84. The quantitative estimate of drug-likeness (QED) is 0.744. The Hall–Kier alpha value is -2.24. The number of hydrogen-bond donors (Lipinski definition) is 1. The molecule has 0 spiro atoms. The number of H-pyrrole nitrogens is 1. The van der Waals surface area contributed by atoms with Gasteiger partial charge in [0.1, 0.15) is 0 Å². The molecule has 1 aliphatic heterocycles. The molecule has 1 aromatic carbocycles. The van der Waals surface area contributed by atoms with Gasteiger partial charge in [0.25, 0.3) is 0 Å². The highest BCUT2D eigenvalue weighted by Gasteiger charge is 2.28. The van der Waals surface area contributed by atoms with Crippen LogP contribution in [0.5, 0.6) is 0 Å². The first-order valence-corrected chi connectivity index (χ1v) is 5.30. The number of Topliss-reactive ketones (excluding diaryl/α,β-unsaturated/α-hetero) is 1. The van der Waals surface area contributed by atoms with Crippen LogP contribution in [0.15, 0.2) is 28.2 Å². The number of rotatable bonds is 1. The van der Waals surface area contributed by atoms with E-state index < -0.39 is 6.04 Å². The Labute approximate surface area is 95.2 Å². The molecule has 0 bridgehead atoms. The largest absolute Gasteiger partial charge is 0.326 e. The van der Waals surface area contributed by atoms with Crippen LogP contribution in [0.4, 0.5) is 0 Å². The van der Waals surface area contributed by atoms with Gasteiger partial charge in [0.2, 0.25) is 0 Å². The van der Waals surface area contributed by atoms with Gasteiger partial charge in [0, 0.05) is 12.1 Å². The number of carbonyl (C=O) groups is 1. The number of aryl methyl sites for hydroxylation is 1. The monoisotopic (exact) mass is 231 g/mol. The molecule has 17 heavy (non-hydrogen) atoms. The van der Waals surface area contributed by atoms with E-state index in [0.29, 0.717) is 23.1 Å². The molecule has 1 unspecified atom stereocenters. The summed E-state index contributed by atoms with van der Waals surface area (Å²) < 4.78 is 1.49. The Morgan fingerprint density at radius 2 is 2.18 bits per heavy atom. The van der Waals surface area contributed by atoms with Crippen molar-refractivity contribution in [1.29, 1.82) is 0 Å². The number of hydrogen-bond acceptors (Lipinski definition) is 4. The molecule has 0 aliphatic carbocycles. The van der Waals surface area contributed by atoms with Crippen molar-refractivity contribution in [1.82, 2.24) is 9.55 Å². The topological polar surface area (TPSA) is 84.3 Å². The minimum Gasteiger partial charge on any atom is -0.306 e. The lowest BCUT2D eigenvalue weighted by Crippen LogP contribution is -2.20. The van der Waals surface area contributed by atoms with Crippen LogP contribution < -0.4 is 5.69 Å². The summed E-state index contributed by atoms with van der Waals surface area (Å²) in [6, 6.07) is 4.15. The fourth-order valence-electron chi connectivity index (χ4n) is 2.29. The number of nitrogens with zero attached hydrogens (tertiary/aromatic N) is 2. The van der Waals surface area contributed by atoms with Gasteiger partial charge < -0.3 is 4.98 Å². The van der Waals surface area contributed by atoms with Gasteiger partial charge in [-0.1, -0.05) is 11.2 Å². The smallest absolute Gasteiger partial charge is 0.306 e. The fraction of sp³-hybridized carbons (Fsp3) is 0.273.